The highest BCUT2D eigenvalue weighted by atomic mass is 16.3. The van der Waals surface area contributed by atoms with Gasteiger partial charge in [-0.3, -0.25) is 4.79 Å². The SMILES string of the molecule is O=C(Cc1ccccc1)NCCc1ccc(-c2ccc(O)cc2)cc1. The number of nitrogens with one attached hydrogen (secondary N) is 1. The summed E-state index contributed by atoms with van der Waals surface area (Å²) in [6, 6.07) is 25.2. The molecule has 3 rings (SSSR count). The molecule has 3 aromatic rings. The summed E-state index contributed by atoms with van der Waals surface area (Å²) >= 11 is 0. The molecule has 2 N–H and O–H groups in total. The second-order valence-corrected chi connectivity index (χ2v) is 6.01. The van der Waals surface area contributed by atoms with Crippen LogP contribution < -0.4 is 5.32 Å². The first-order valence-corrected chi connectivity index (χ1v) is 8.40. The molecule has 0 atom stereocenters. The van der Waals surface area contributed by atoms with Gasteiger partial charge in [0.1, 0.15) is 5.75 Å². The molecule has 3 nitrogen and oxygen atoms in total. The summed E-state index contributed by atoms with van der Waals surface area (Å²) < 4.78 is 0. The Kier molecular flexibility index (Phi) is 5.47. The number of carbonyl (C=O) groups excluding carboxylic acids is 1. The summed E-state index contributed by atoms with van der Waals surface area (Å²) in [7, 11) is 0. The van der Waals surface area contributed by atoms with Gasteiger partial charge in [0.15, 0.2) is 0 Å². The predicted octanol–water partition coefficient (Wildman–Crippen LogP) is 3.96. The Morgan fingerprint density at radius 1 is 0.760 bits per heavy atom. The van der Waals surface area contributed by atoms with Gasteiger partial charge < -0.3 is 10.4 Å². The standard InChI is InChI=1S/C22H21NO2/c24-21-12-10-20(11-13-21)19-8-6-17(7-9-19)14-15-23-22(25)16-18-4-2-1-3-5-18/h1-13,24H,14-16H2,(H,23,25). The third-order valence-corrected chi connectivity index (χ3v) is 4.10. The van der Waals surface area contributed by atoms with E-state index >= 15 is 0 Å². The molecule has 126 valence electrons. The van der Waals surface area contributed by atoms with Crippen molar-refractivity contribution in [1.29, 1.82) is 0 Å². The van der Waals surface area contributed by atoms with Crippen molar-refractivity contribution in [3.8, 4) is 16.9 Å². The fourth-order valence-corrected chi connectivity index (χ4v) is 2.71. The van der Waals surface area contributed by atoms with Gasteiger partial charge >= 0.3 is 0 Å². The monoisotopic (exact) mass is 331 g/mol. The Balaban J connectivity index is 1.48. The first-order chi connectivity index (χ1) is 12.2. The molecule has 1 amide bonds. The molecule has 0 radical (unpaired) electrons. The van der Waals surface area contributed by atoms with Crippen molar-refractivity contribution in [3.63, 3.8) is 0 Å². The number of carbonyl (C=O) groups is 1. The van der Waals surface area contributed by atoms with E-state index < -0.39 is 0 Å². The summed E-state index contributed by atoms with van der Waals surface area (Å²) in [6.45, 7) is 0.629. The quantitative estimate of drug-likeness (QED) is 0.718. The fraction of sp³-hybridized carbons (Fsp3) is 0.136. The van der Waals surface area contributed by atoms with E-state index in [1.54, 1.807) is 12.1 Å². The topological polar surface area (TPSA) is 49.3 Å². The molecule has 0 fully saturated rings. The van der Waals surface area contributed by atoms with Crippen LogP contribution >= 0.6 is 0 Å². The molecule has 0 aromatic heterocycles. The minimum Gasteiger partial charge on any atom is -0.508 e. The van der Waals surface area contributed by atoms with Crippen molar-refractivity contribution >= 4 is 5.91 Å². The van der Waals surface area contributed by atoms with Crippen molar-refractivity contribution in [1.82, 2.24) is 5.32 Å². The van der Waals surface area contributed by atoms with E-state index in [0.29, 0.717) is 13.0 Å². The van der Waals surface area contributed by atoms with Gasteiger partial charge in [-0.05, 0) is 40.8 Å². The molecule has 0 aliphatic rings. The highest BCUT2D eigenvalue weighted by molar-refractivity contribution is 5.78. The first-order valence-electron chi connectivity index (χ1n) is 8.40. The molecule has 0 saturated carbocycles. The second kappa shape index (κ2) is 8.15. The maximum Gasteiger partial charge on any atom is 0.224 e. The summed E-state index contributed by atoms with van der Waals surface area (Å²) in [4.78, 5) is 11.9. The smallest absolute Gasteiger partial charge is 0.224 e. The zero-order valence-electron chi connectivity index (χ0n) is 14.0. The number of phenolic OH excluding ortho intramolecular Hbond substituents is 1. The van der Waals surface area contributed by atoms with E-state index in [2.05, 4.69) is 29.6 Å². The van der Waals surface area contributed by atoms with Gasteiger partial charge in [-0.15, -0.1) is 0 Å². The lowest BCUT2D eigenvalue weighted by Crippen LogP contribution is -2.27. The average Bonchev–Trinajstić information content (AvgIpc) is 2.64. The van der Waals surface area contributed by atoms with E-state index in [1.807, 2.05) is 42.5 Å². The van der Waals surface area contributed by atoms with E-state index in [-0.39, 0.29) is 11.7 Å². The lowest BCUT2D eigenvalue weighted by Gasteiger charge is -2.07. The van der Waals surface area contributed by atoms with Crippen LogP contribution in [0, 0.1) is 0 Å². The maximum atomic E-state index is 11.9. The van der Waals surface area contributed by atoms with E-state index in [4.69, 9.17) is 0 Å². The van der Waals surface area contributed by atoms with Crippen molar-refractivity contribution in [2.24, 2.45) is 0 Å². The fourth-order valence-electron chi connectivity index (χ4n) is 2.71. The summed E-state index contributed by atoms with van der Waals surface area (Å²) in [6.07, 6.45) is 1.22. The van der Waals surface area contributed by atoms with Gasteiger partial charge in [-0.1, -0.05) is 66.7 Å². The minimum absolute atomic E-state index is 0.0481. The number of hydrogen-bond acceptors (Lipinski definition) is 2. The molecule has 3 aromatic carbocycles. The van der Waals surface area contributed by atoms with Crippen LogP contribution in [0.25, 0.3) is 11.1 Å². The third-order valence-electron chi connectivity index (χ3n) is 4.10. The summed E-state index contributed by atoms with van der Waals surface area (Å²) in [5.74, 6) is 0.318. The lowest BCUT2D eigenvalue weighted by molar-refractivity contribution is -0.120. The Morgan fingerprint density at radius 2 is 1.36 bits per heavy atom. The van der Waals surface area contributed by atoms with E-state index in [1.165, 1.54) is 5.56 Å². The van der Waals surface area contributed by atoms with Crippen molar-refractivity contribution < 1.29 is 9.90 Å². The normalized spacial score (nSPS) is 10.4. The lowest BCUT2D eigenvalue weighted by atomic mass is 10.0. The van der Waals surface area contributed by atoms with Crippen LogP contribution in [0.3, 0.4) is 0 Å². The predicted molar refractivity (Wildman–Crippen MR) is 100 cm³/mol. The maximum absolute atomic E-state index is 11.9. The largest absolute Gasteiger partial charge is 0.508 e. The molecule has 0 saturated heterocycles. The van der Waals surface area contributed by atoms with Crippen LogP contribution in [-0.4, -0.2) is 17.6 Å². The molecule has 0 spiro atoms. The average molecular weight is 331 g/mol. The highest BCUT2D eigenvalue weighted by Crippen LogP contribution is 2.22. The number of benzene rings is 3. The Morgan fingerprint density at radius 3 is 2.00 bits per heavy atom. The van der Waals surface area contributed by atoms with Crippen LogP contribution in [0.15, 0.2) is 78.9 Å². The molecular weight excluding hydrogens is 310 g/mol. The number of hydrogen-bond donors (Lipinski definition) is 2. The molecule has 25 heavy (non-hydrogen) atoms. The Labute approximate surface area is 148 Å². The molecule has 0 heterocycles. The van der Waals surface area contributed by atoms with Crippen LogP contribution in [-0.2, 0) is 17.6 Å². The van der Waals surface area contributed by atoms with Gasteiger partial charge in [0.05, 0.1) is 6.42 Å². The Hall–Kier alpha value is -3.07. The number of amides is 1. The van der Waals surface area contributed by atoms with Crippen molar-refractivity contribution in [2.75, 3.05) is 6.54 Å². The summed E-state index contributed by atoms with van der Waals surface area (Å²) in [5.41, 5.74) is 4.39. The molecule has 0 bridgehead atoms. The molecule has 0 aliphatic carbocycles. The zero-order chi connectivity index (χ0) is 17.5. The van der Waals surface area contributed by atoms with E-state index in [0.717, 1.165) is 23.1 Å². The third kappa shape index (κ3) is 4.95. The van der Waals surface area contributed by atoms with Crippen LogP contribution in [0.1, 0.15) is 11.1 Å². The van der Waals surface area contributed by atoms with Crippen molar-refractivity contribution in [3.05, 3.63) is 90.0 Å². The zero-order valence-corrected chi connectivity index (χ0v) is 14.0. The molecule has 3 heteroatoms. The minimum atomic E-state index is 0.0481. The van der Waals surface area contributed by atoms with Gasteiger partial charge in [0.25, 0.3) is 0 Å². The number of aromatic hydroxyl groups is 1. The van der Waals surface area contributed by atoms with Crippen LogP contribution in [0.2, 0.25) is 0 Å². The highest BCUT2D eigenvalue weighted by Gasteiger charge is 2.03. The number of phenols is 1. The number of rotatable bonds is 6. The van der Waals surface area contributed by atoms with Crippen LogP contribution in [0.4, 0.5) is 0 Å². The van der Waals surface area contributed by atoms with Gasteiger partial charge in [0, 0.05) is 6.54 Å². The van der Waals surface area contributed by atoms with Gasteiger partial charge in [-0.25, -0.2) is 0 Å². The summed E-state index contributed by atoms with van der Waals surface area (Å²) in [5, 5.41) is 12.3. The first kappa shape index (κ1) is 16.8. The Bertz CT molecular complexity index is 809. The van der Waals surface area contributed by atoms with E-state index in [9.17, 15) is 9.90 Å². The van der Waals surface area contributed by atoms with Crippen LogP contribution in [0.5, 0.6) is 5.75 Å². The molecule has 0 aliphatic heterocycles. The van der Waals surface area contributed by atoms with Gasteiger partial charge in [0.2, 0.25) is 5.91 Å². The van der Waals surface area contributed by atoms with Crippen molar-refractivity contribution in [2.45, 2.75) is 12.8 Å². The second-order valence-electron chi connectivity index (χ2n) is 6.01. The molecular formula is C22H21NO2. The van der Waals surface area contributed by atoms with Gasteiger partial charge in [-0.2, -0.15) is 0 Å². The molecule has 0 unspecified atom stereocenters.